The highest BCUT2D eigenvalue weighted by atomic mass is 14.1. The summed E-state index contributed by atoms with van der Waals surface area (Å²) in [5, 5.41) is 2.57. The molecule has 0 aliphatic rings. The fourth-order valence-electron chi connectivity index (χ4n) is 2.17. The Morgan fingerprint density at radius 1 is 0.875 bits per heavy atom. The van der Waals surface area contributed by atoms with Crippen LogP contribution in [0.25, 0.3) is 22.9 Å². The number of aryl methyl sites for hydroxylation is 2. The predicted octanol–water partition coefficient (Wildman–Crippen LogP) is 4.74. The van der Waals surface area contributed by atoms with Crippen molar-refractivity contribution < 1.29 is 0 Å². The van der Waals surface area contributed by atoms with Gasteiger partial charge in [0.05, 0.1) is 0 Å². The predicted molar refractivity (Wildman–Crippen MR) is 73.6 cm³/mol. The standard InChI is InChI=1S/C16H16/c1-5-13-9-15-8-11(3)7-12(4)16(15)10-14(13)6-2/h5-10H,1-2H2,3-4H3. The Hall–Kier alpha value is -1.82. The van der Waals surface area contributed by atoms with E-state index in [9.17, 15) is 0 Å². The number of fused-ring (bicyclic) bond motifs is 1. The van der Waals surface area contributed by atoms with E-state index in [1.54, 1.807) is 0 Å². The van der Waals surface area contributed by atoms with Crippen LogP contribution in [0.2, 0.25) is 0 Å². The molecule has 0 unspecified atom stereocenters. The molecule has 0 atom stereocenters. The molecule has 2 aromatic rings. The van der Waals surface area contributed by atoms with Gasteiger partial charge in [-0.2, -0.15) is 0 Å². The van der Waals surface area contributed by atoms with Gasteiger partial charge in [-0.05, 0) is 53.4 Å². The van der Waals surface area contributed by atoms with Crippen LogP contribution in [0.4, 0.5) is 0 Å². The third-order valence-corrected chi connectivity index (χ3v) is 2.95. The van der Waals surface area contributed by atoms with E-state index in [2.05, 4.69) is 51.3 Å². The summed E-state index contributed by atoms with van der Waals surface area (Å²) in [5.74, 6) is 0. The van der Waals surface area contributed by atoms with Gasteiger partial charge in [0.15, 0.2) is 0 Å². The van der Waals surface area contributed by atoms with Crippen LogP contribution in [0.3, 0.4) is 0 Å². The van der Waals surface area contributed by atoms with E-state index in [0.29, 0.717) is 0 Å². The molecule has 0 saturated heterocycles. The molecule has 0 aliphatic heterocycles. The molecule has 0 fully saturated rings. The van der Waals surface area contributed by atoms with Gasteiger partial charge < -0.3 is 0 Å². The van der Waals surface area contributed by atoms with Gasteiger partial charge in [-0.1, -0.05) is 43.0 Å². The molecule has 80 valence electrons. The van der Waals surface area contributed by atoms with Gasteiger partial charge in [0.1, 0.15) is 0 Å². The Kier molecular flexibility index (Phi) is 2.66. The third-order valence-electron chi connectivity index (χ3n) is 2.95. The van der Waals surface area contributed by atoms with Crippen LogP contribution < -0.4 is 0 Å². The Morgan fingerprint density at radius 2 is 1.50 bits per heavy atom. The largest absolute Gasteiger partial charge is 0.0984 e. The van der Waals surface area contributed by atoms with Crippen LogP contribution >= 0.6 is 0 Å². The fraction of sp³-hybridized carbons (Fsp3) is 0.125. The molecule has 0 radical (unpaired) electrons. The molecule has 0 saturated carbocycles. The lowest BCUT2D eigenvalue weighted by Gasteiger charge is -2.08. The van der Waals surface area contributed by atoms with E-state index in [0.717, 1.165) is 11.1 Å². The quantitative estimate of drug-likeness (QED) is 0.668. The molecule has 2 aromatic carbocycles. The minimum absolute atomic E-state index is 1.15. The van der Waals surface area contributed by atoms with Crippen molar-refractivity contribution in [3.8, 4) is 0 Å². The van der Waals surface area contributed by atoms with Crippen molar-refractivity contribution in [1.29, 1.82) is 0 Å². The van der Waals surface area contributed by atoms with Crippen molar-refractivity contribution in [2.75, 3.05) is 0 Å². The number of rotatable bonds is 2. The summed E-state index contributed by atoms with van der Waals surface area (Å²) in [6.45, 7) is 12.0. The van der Waals surface area contributed by atoms with Crippen LogP contribution in [-0.2, 0) is 0 Å². The number of hydrogen-bond acceptors (Lipinski definition) is 0. The first-order valence-electron chi connectivity index (χ1n) is 5.45. The summed E-state index contributed by atoms with van der Waals surface area (Å²) in [7, 11) is 0. The third kappa shape index (κ3) is 1.67. The Balaban J connectivity index is 2.88. The maximum Gasteiger partial charge on any atom is -0.0148 e. The first kappa shape index (κ1) is 10.7. The highest BCUT2D eigenvalue weighted by molar-refractivity contribution is 5.91. The molecule has 0 aliphatic carbocycles. The lowest BCUT2D eigenvalue weighted by molar-refractivity contribution is 1.43. The first-order valence-corrected chi connectivity index (χ1v) is 5.45. The summed E-state index contributed by atoms with van der Waals surface area (Å²) in [4.78, 5) is 0. The van der Waals surface area contributed by atoms with Gasteiger partial charge in [-0.3, -0.25) is 0 Å². The summed E-state index contributed by atoms with van der Waals surface area (Å²) in [5.41, 5.74) is 4.90. The molecule has 0 N–H and O–H groups in total. The summed E-state index contributed by atoms with van der Waals surface area (Å²) in [6, 6.07) is 8.79. The lowest BCUT2D eigenvalue weighted by atomic mass is 9.96. The van der Waals surface area contributed by atoms with Gasteiger partial charge in [0.25, 0.3) is 0 Å². The van der Waals surface area contributed by atoms with Crippen molar-refractivity contribution in [2.24, 2.45) is 0 Å². The van der Waals surface area contributed by atoms with Crippen molar-refractivity contribution in [3.63, 3.8) is 0 Å². The normalized spacial score (nSPS) is 10.4. The molecule has 2 rings (SSSR count). The molecule has 0 aromatic heterocycles. The SMILES string of the molecule is C=Cc1cc2cc(C)cc(C)c2cc1C=C. The van der Waals surface area contributed by atoms with Crippen LogP contribution in [0.1, 0.15) is 22.3 Å². The van der Waals surface area contributed by atoms with E-state index >= 15 is 0 Å². The second kappa shape index (κ2) is 3.97. The molecular formula is C16H16. The monoisotopic (exact) mass is 208 g/mol. The minimum Gasteiger partial charge on any atom is -0.0984 e. The van der Waals surface area contributed by atoms with Crippen molar-refractivity contribution in [1.82, 2.24) is 0 Å². The minimum atomic E-state index is 1.15. The average molecular weight is 208 g/mol. The topological polar surface area (TPSA) is 0 Å². The Bertz CT molecular complexity index is 574. The van der Waals surface area contributed by atoms with Crippen molar-refractivity contribution in [2.45, 2.75) is 13.8 Å². The van der Waals surface area contributed by atoms with E-state index in [1.165, 1.54) is 21.9 Å². The van der Waals surface area contributed by atoms with Gasteiger partial charge in [0, 0.05) is 0 Å². The second-order valence-electron chi connectivity index (χ2n) is 4.19. The highest BCUT2D eigenvalue weighted by Gasteiger charge is 2.03. The lowest BCUT2D eigenvalue weighted by Crippen LogP contribution is -1.86. The fourth-order valence-corrected chi connectivity index (χ4v) is 2.17. The van der Waals surface area contributed by atoms with Gasteiger partial charge in [-0.15, -0.1) is 0 Å². The van der Waals surface area contributed by atoms with E-state index in [-0.39, 0.29) is 0 Å². The van der Waals surface area contributed by atoms with E-state index < -0.39 is 0 Å². The molecule has 0 bridgehead atoms. The van der Waals surface area contributed by atoms with Gasteiger partial charge in [-0.25, -0.2) is 0 Å². The molecule has 0 nitrogen and oxygen atoms in total. The number of hydrogen-bond donors (Lipinski definition) is 0. The van der Waals surface area contributed by atoms with E-state index in [1.807, 2.05) is 12.2 Å². The number of benzene rings is 2. The maximum absolute atomic E-state index is 3.85. The maximum atomic E-state index is 3.85. The molecular weight excluding hydrogens is 192 g/mol. The van der Waals surface area contributed by atoms with Crippen molar-refractivity contribution in [3.05, 3.63) is 59.7 Å². The first-order chi connectivity index (χ1) is 7.65. The average Bonchev–Trinajstić information content (AvgIpc) is 2.27. The highest BCUT2D eigenvalue weighted by Crippen LogP contribution is 2.25. The van der Waals surface area contributed by atoms with Crippen LogP contribution in [0.15, 0.2) is 37.4 Å². The summed E-state index contributed by atoms with van der Waals surface area (Å²) in [6.07, 6.45) is 3.77. The zero-order valence-electron chi connectivity index (χ0n) is 9.88. The van der Waals surface area contributed by atoms with Crippen molar-refractivity contribution >= 4 is 22.9 Å². The van der Waals surface area contributed by atoms with Crippen LogP contribution in [0.5, 0.6) is 0 Å². The Morgan fingerprint density at radius 3 is 2.12 bits per heavy atom. The molecule has 0 spiro atoms. The van der Waals surface area contributed by atoms with Crippen LogP contribution in [0, 0.1) is 13.8 Å². The zero-order chi connectivity index (χ0) is 11.7. The Labute approximate surface area is 96.9 Å². The molecule has 0 amide bonds. The zero-order valence-corrected chi connectivity index (χ0v) is 9.88. The second-order valence-corrected chi connectivity index (χ2v) is 4.19. The van der Waals surface area contributed by atoms with E-state index in [4.69, 9.17) is 0 Å². The summed E-state index contributed by atoms with van der Waals surface area (Å²) < 4.78 is 0. The van der Waals surface area contributed by atoms with Gasteiger partial charge >= 0.3 is 0 Å². The molecule has 0 heteroatoms. The molecule has 16 heavy (non-hydrogen) atoms. The van der Waals surface area contributed by atoms with Gasteiger partial charge in [0.2, 0.25) is 0 Å². The molecule has 0 heterocycles. The smallest absolute Gasteiger partial charge is 0.0148 e. The van der Waals surface area contributed by atoms with Crippen LogP contribution in [-0.4, -0.2) is 0 Å². The summed E-state index contributed by atoms with van der Waals surface area (Å²) >= 11 is 0.